The lowest BCUT2D eigenvalue weighted by Crippen LogP contribution is -2.49. The molecule has 3 atom stereocenters. The Morgan fingerprint density at radius 1 is 0.966 bits per heavy atom. The van der Waals surface area contributed by atoms with Crippen LogP contribution < -0.4 is 4.74 Å². The average Bonchev–Trinajstić information content (AvgIpc) is 3.28. The van der Waals surface area contributed by atoms with E-state index in [9.17, 15) is 14.4 Å². The van der Waals surface area contributed by atoms with E-state index in [1.807, 2.05) is 42.5 Å². The number of fused-ring (bicyclic) bond motifs is 6. The number of ketones is 1. The van der Waals surface area contributed by atoms with E-state index >= 15 is 0 Å². The van der Waals surface area contributed by atoms with Crippen molar-refractivity contribution in [3.8, 4) is 5.75 Å². The summed E-state index contributed by atoms with van der Waals surface area (Å²) in [5.41, 5.74) is -0.136. The second kappa shape index (κ2) is 5.56. The Hall–Kier alpha value is -2.95. The number of amides is 1. The first-order chi connectivity index (χ1) is 14.1. The highest BCUT2D eigenvalue weighted by molar-refractivity contribution is 6.23. The summed E-state index contributed by atoms with van der Waals surface area (Å²) in [5.74, 6) is -0.843. The first kappa shape index (κ1) is 17.0. The molecule has 2 heterocycles. The van der Waals surface area contributed by atoms with Gasteiger partial charge in [-0.05, 0) is 37.3 Å². The zero-order chi connectivity index (χ0) is 19.8. The summed E-state index contributed by atoms with van der Waals surface area (Å²) < 4.78 is 5.70. The number of ether oxygens (including phenoxy) is 1. The van der Waals surface area contributed by atoms with Gasteiger partial charge >= 0.3 is 5.97 Å². The average molecular weight is 387 g/mol. The molecule has 5 nitrogen and oxygen atoms in total. The topological polar surface area (TPSA) is 63.7 Å². The molecule has 0 aromatic heterocycles. The molecule has 2 fully saturated rings. The molecule has 0 N–H and O–H groups in total. The van der Waals surface area contributed by atoms with Crippen molar-refractivity contribution in [3.63, 3.8) is 0 Å². The SMILES string of the molecule is O=C1c2ccccc2CC12C1c3ccccc3OC(=O)C12C(=O)N1CCCCC1. The smallest absolute Gasteiger partial charge is 0.328 e. The quantitative estimate of drug-likeness (QED) is 0.428. The predicted octanol–water partition coefficient (Wildman–Crippen LogP) is 3.13. The van der Waals surface area contributed by atoms with Crippen LogP contribution in [0.3, 0.4) is 0 Å². The molecule has 1 saturated carbocycles. The first-order valence-corrected chi connectivity index (χ1v) is 10.4. The number of carbonyl (C=O) groups excluding carboxylic acids is 3. The van der Waals surface area contributed by atoms with Crippen LogP contribution in [0.4, 0.5) is 0 Å². The maximum Gasteiger partial charge on any atom is 0.328 e. The summed E-state index contributed by atoms with van der Waals surface area (Å²) >= 11 is 0. The Balaban J connectivity index is 1.56. The van der Waals surface area contributed by atoms with Crippen molar-refractivity contribution >= 4 is 17.7 Å². The number of piperidine rings is 1. The Labute approximate surface area is 168 Å². The molecule has 6 rings (SSSR count). The molecule has 0 bridgehead atoms. The lowest BCUT2D eigenvalue weighted by Gasteiger charge is -2.32. The summed E-state index contributed by atoms with van der Waals surface area (Å²) in [7, 11) is 0. The van der Waals surface area contributed by atoms with Gasteiger partial charge in [0.2, 0.25) is 5.91 Å². The van der Waals surface area contributed by atoms with Crippen LogP contribution in [0.1, 0.15) is 46.7 Å². The number of Topliss-reactive ketones (excluding diaryl/α,β-unsaturated/α-hetero) is 1. The van der Waals surface area contributed by atoms with Gasteiger partial charge in [-0.1, -0.05) is 42.5 Å². The third kappa shape index (κ3) is 1.84. The van der Waals surface area contributed by atoms with E-state index in [2.05, 4.69) is 0 Å². The van der Waals surface area contributed by atoms with Crippen molar-refractivity contribution in [1.82, 2.24) is 4.90 Å². The van der Waals surface area contributed by atoms with E-state index in [4.69, 9.17) is 4.74 Å². The molecule has 5 heteroatoms. The molecule has 29 heavy (non-hydrogen) atoms. The lowest BCUT2D eigenvalue weighted by molar-refractivity contribution is -0.154. The number of nitrogens with zero attached hydrogens (tertiary/aromatic N) is 1. The van der Waals surface area contributed by atoms with E-state index in [0.29, 0.717) is 30.8 Å². The zero-order valence-electron chi connectivity index (χ0n) is 16.0. The van der Waals surface area contributed by atoms with Gasteiger partial charge in [0.25, 0.3) is 0 Å². The number of esters is 1. The van der Waals surface area contributed by atoms with Gasteiger partial charge < -0.3 is 9.64 Å². The van der Waals surface area contributed by atoms with Crippen molar-refractivity contribution in [2.75, 3.05) is 13.1 Å². The Morgan fingerprint density at radius 2 is 1.69 bits per heavy atom. The molecule has 146 valence electrons. The van der Waals surface area contributed by atoms with E-state index in [1.165, 1.54) is 0 Å². The van der Waals surface area contributed by atoms with E-state index < -0.39 is 22.7 Å². The van der Waals surface area contributed by atoms with Crippen LogP contribution in [-0.2, 0) is 16.0 Å². The normalized spacial score (nSPS) is 31.7. The molecular weight excluding hydrogens is 366 g/mol. The highest BCUT2D eigenvalue weighted by Crippen LogP contribution is 2.81. The Bertz CT molecular complexity index is 1090. The third-order valence-electron chi connectivity index (χ3n) is 7.42. The minimum atomic E-state index is -1.44. The van der Waals surface area contributed by atoms with Gasteiger partial charge in [-0.15, -0.1) is 0 Å². The lowest BCUT2D eigenvalue weighted by atomic mass is 9.87. The monoisotopic (exact) mass is 387 g/mol. The molecule has 1 amide bonds. The standard InChI is InChI=1S/C24H21NO4/c26-20-16-9-3-2-8-15(16)14-23(20)19-17-10-4-5-11-18(17)29-22(28)24(19,23)21(27)25-12-6-1-7-13-25/h2-5,8-11,19H,1,6-7,12-14H2. The van der Waals surface area contributed by atoms with Crippen LogP contribution in [0.15, 0.2) is 48.5 Å². The molecule has 4 aliphatic rings. The van der Waals surface area contributed by atoms with Crippen LogP contribution in [0.25, 0.3) is 0 Å². The van der Waals surface area contributed by atoms with Crippen LogP contribution in [0, 0.1) is 10.8 Å². The zero-order valence-corrected chi connectivity index (χ0v) is 16.0. The molecule has 1 spiro atoms. The Morgan fingerprint density at radius 3 is 2.48 bits per heavy atom. The third-order valence-corrected chi connectivity index (χ3v) is 7.42. The number of rotatable bonds is 1. The van der Waals surface area contributed by atoms with E-state index in [-0.39, 0.29) is 11.7 Å². The minimum Gasteiger partial charge on any atom is -0.425 e. The highest BCUT2D eigenvalue weighted by Gasteiger charge is 2.91. The van der Waals surface area contributed by atoms with Gasteiger partial charge in [-0.2, -0.15) is 0 Å². The molecule has 1 saturated heterocycles. The number of benzene rings is 2. The summed E-state index contributed by atoms with van der Waals surface area (Å²) in [4.78, 5) is 42.8. The Kier molecular flexibility index (Phi) is 3.25. The molecule has 3 unspecified atom stereocenters. The number of likely N-dealkylation sites (tertiary alicyclic amines) is 1. The molecule has 2 aromatic rings. The van der Waals surface area contributed by atoms with Gasteiger partial charge in [0, 0.05) is 30.1 Å². The fourth-order valence-electron chi connectivity index (χ4n) is 6.14. The molecule has 2 aliphatic carbocycles. The van der Waals surface area contributed by atoms with Crippen molar-refractivity contribution < 1.29 is 19.1 Å². The molecule has 2 aliphatic heterocycles. The largest absolute Gasteiger partial charge is 0.425 e. The van der Waals surface area contributed by atoms with E-state index in [1.54, 1.807) is 11.0 Å². The van der Waals surface area contributed by atoms with Gasteiger partial charge in [0.1, 0.15) is 5.75 Å². The van der Waals surface area contributed by atoms with Gasteiger partial charge in [-0.25, -0.2) is 0 Å². The summed E-state index contributed by atoms with van der Waals surface area (Å²) in [6, 6.07) is 14.8. The van der Waals surface area contributed by atoms with Crippen molar-refractivity contribution in [3.05, 3.63) is 65.2 Å². The van der Waals surface area contributed by atoms with Crippen LogP contribution in [-0.4, -0.2) is 35.6 Å². The van der Waals surface area contributed by atoms with Gasteiger partial charge in [0.05, 0.1) is 5.41 Å². The van der Waals surface area contributed by atoms with Crippen molar-refractivity contribution in [1.29, 1.82) is 0 Å². The summed E-state index contributed by atoms with van der Waals surface area (Å²) in [6.07, 6.45) is 3.36. The van der Waals surface area contributed by atoms with Gasteiger partial charge in [0.15, 0.2) is 11.2 Å². The van der Waals surface area contributed by atoms with Crippen LogP contribution in [0.5, 0.6) is 5.75 Å². The molecular formula is C24H21NO4. The predicted molar refractivity (Wildman–Crippen MR) is 105 cm³/mol. The molecule has 2 aromatic carbocycles. The summed E-state index contributed by atoms with van der Waals surface area (Å²) in [6.45, 7) is 1.28. The summed E-state index contributed by atoms with van der Waals surface area (Å²) in [5, 5.41) is 0. The minimum absolute atomic E-state index is 0.0860. The number of hydrogen-bond acceptors (Lipinski definition) is 4. The van der Waals surface area contributed by atoms with Crippen LogP contribution >= 0.6 is 0 Å². The van der Waals surface area contributed by atoms with E-state index in [0.717, 1.165) is 30.4 Å². The second-order valence-corrected chi connectivity index (χ2v) is 8.66. The fourth-order valence-corrected chi connectivity index (χ4v) is 6.14. The van der Waals surface area contributed by atoms with Crippen LogP contribution in [0.2, 0.25) is 0 Å². The number of para-hydroxylation sites is 1. The number of carbonyl (C=O) groups is 3. The fraction of sp³-hybridized carbons (Fsp3) is 0.375. The number of hydrogen-bond donors (Lipinski definition) is 0. The molecule has 0 radical (unpaired) electrons. The maximum atomic E-state index is 13.9. The van der Waals surface area contributed by atoms with Gasteiger partial charge in [-0.3, -0.25) is 14.4 Å². The maximum absolute atomic E-state index is 13.9. The highest BCUT2D eigenvalue weighted by atomic mass is 16.5. The van der Waals surface area contributed by atoms with Crippen molar-refractivity contribution in [2.45, 2.75) is 31.6 Å². The van der Waals surface area contributed by atoms with Crippen molar-refractivity contribution in [2.24, 2.45) is 10.8 Å². The second-order valence-electron chi connectivity index (χ2n) is 8.66. The first-order valence-electron chi connectivity index (χ1n) is 10.4.